The zero-order valence-corrected chi connectivity index (χ0v) is 13.9. The molecule has 1 atom stereocenters. The number of amides is 1. The lowest BCUT2D eigenvalue weighted by molar-refractivity contribution is -0.135. The molecule has 0 radical (unpaired) electrons. The molecule has 1 aliphatic heterocycles. The molecule has 1 saturated heterocycles. The molecule has 0 spiro atoms. The number of fused-ring (bicyclic) bond motifs is 1. The highest BCUT2D eigenvalue weighted by atomic mass is 16.5. The number of carbonyl (C=O) groups excluding carboxylic acids is 1. The highest BCUT2D eigenvalue weighted by Gasteiger charge is 2.30. The molecule has 124 valence electrons. The van der Waals surface area contributed by atoms with Crippen molar-refractivity contribution in [1.82, 2.24) is 20.0 Å². The summed E-state index contributed by atoms with van der Waals surface area (Å²) in [5, 5.41) is 4.83. The van der Waals surface area contributed by atoms with E-state index < -0.39 is 0 Å². The molecule has 2 aromatic heterocycles. The van der Waals surface area contributed by atoms with Gasteiger partial charge in [0.15, 0.2) is 0 Å². The number of hydrogen-bond donors (Lipinski definition) is 0. The molecule has 0 aromatic carbocycles. The van der Waals surface area contributed by atoms with E-state index in [9.17, 15) is 4.79 Å². The molecule has 7 heteroatoms. The van der Waals surface area contributed by atoms with Crippen LogP contribution in [0.2, 0.25) is 0 Å². The van der Waals surface area contributed by atoms with E-state index in [4.69, 9.17) is 4.52 Å². The van der Waals surface area contributed by atoms with Crippen LogP contribution in [0.4, 0.5) is 5.82 Å². The number of rotatable bonds is 4. The Bertz CT molecular complexity index is 695. The lowest BCUT2D eigenvalue weighted by Crippen LogP contribution is -2.45. The standard InChI is InChI=1S/C16H23N5O2/c1-4-20(5-2)16(22)12-7-6-8-21(9-12)14-13-11(3)19-23-15(13)18-10-17-14/h10,12H,4-9H2,1-3H3/t12-/m0/s1. The van der Waals surface area contributed by atoms with Crippen molar-refractivity contribution < 1.29 is 9.32 Å². The van der Waals surface area contributed by atoms with E-state index in [1.165, 1.54) is 6.33 Å². The smallest absolute Gasteiger partial charge is 0.263 e. The van der Waals surface area contributed by atoms with Crippen molar-refractivity contribution in [2.45, 2.75) is 33.6 Å². The van der Waals surface area contributed by atoms with Crippen molar-refractivity contribution in [2.24, 2.45) is 5.92 Å². The molecular formula is C16H23N5O2. The first-order valence-corrected chi connectivity index (χ1v) is 8.26. The van der Waals surface area contributed by atoms with Crippen LogP contribution in [0.3, 0.4) is 0 Å². The number of aromatic nitrogens is 3. The highest BCUT2D eigenvalue weighted by molar-refractivity contribution is 5.88. The van der Waals surface area contributed by atoms with Gasteiger partial charge in [-0.25, -0.2) is 4.98 Å². The average Bonchev–Trinajstić information content (AvgIpc) is 2.97. The summed E-state index contributed by atoms with van der Waals surface area (Å²) in [6, 6.07) is 0. The third-order valence-electron chi connectivity index (χ3n) is 4.57. The minimum Gasteiger partial charge on any atom is -0.355 e. The molecule has 7 nitrogen and oxygen atoms in total. The summed E-state index contributed by atoms with van der Waals surface area (Å²) in [7, 11) is 0. The van der Waals surface area contributed by atoms with Gasteiger partial charge in [-0.15, -0.1) is 0 Å². The van der Waals surface area contributed by atoms with Gasteiger partial charge in [-0.3, -0.25) is 4.79 Å². The summed E-state index contributed by atoms with van der Waals surface area (Å²) in [4.78, 5) is 25.3. The fourth-order valence-corrected chi connectivity index (χ4v) is 3.31. The van der Waals surface area contributed by atoms with Crippen LogP contribution in [0.15, 0.2) is 10.9 Å². The Balaban J connectivity index is 1.86. The number of aryl methyl sites for hydroxylation is 1. The third-order valence-corrected chi connectivity index (χ3v) is 4.57. The Morgan fingerprint density at radius 3 is 2.91 bits per heavy atom. The van der Waals surface area contributed by atoms with Crippen molar-refractivity contribution >= 4 is 22.8 Å². The summed E-state index contributed by atoms with van der Waals surface area (Å²) in [5.74, 6) is 1.09. The van der Waals surface area contributed by atoms with Crippen molar-refractivity contribution in [3.63, 3.8) is 0 Å². The first kappa shape index (κ1) is 15.7. The lowest BCUT2D eigenvalue weighted by atomic mass is 9.96. The fourth-order valence-electron chi connectivity index (χ4n) is 3.31. The van der Waals surface area contributed by atoms with Crippen LogP contribution in [0.1, 0.15) is 32.4 Å². The molecule has 0 aliphatic carbocycles. The Morgan fingerprint density at radius 1 is 1.39 bits per heavy atom. The van der Waals surface area contributed by atoms with Gasteiger partial charge in [0.05, 0.1) is 11.6 Å². The van der Waals surface area contributed by atoms with Gasteiger partial charge >= 0.3 is 0 Å². The minimum atomic E-state index is 0.0221. The van der Waals surface area contributed by atoms with Gasteiger partial charge in [-0.2, -0.15) is 4.98 Å². The molecular weight excluding hydrogens is 294 g/mol. The molecule has 0 unspecified atom stereocenters. The Kier molecular flexibility index (Phi) is 4.45. The van der Waals surface area contributed by atoms with E-state index in [-0.39, 0.29) is 11.8 Å². The van der Waals surface area contributed by atoms with Crippen LogP contribution >= 0.6 is 0 Å². The van der Waals surface area contributed by atoms with E-state index in [0.29, 0.717) is 12.3 Å². The maximum absolute atomic E-state index is 12.7. The van der Waals surface area contributed by atoms with E-state index >= 15 is 0 Å². The van der Waals surface area contributed by atoms with Gasteiger partial charge in [-0.05, 0) is 33.6 Å². The molecule has 0 saturated carbocycles. The summed E-state index contributed by atoms with van der Waals surface area (Å²) in [5.41, 5.74) is 1.29. The number of nitrogens with zero attached hydrogens (tertiary/aromatic N) is 5. The molecule has 3 rings (SSSR count). The largest absolute Gasteiger partial charge is 0.355 e. The summed E-state index contributed by atoms with van der Waals surface area (Å²) in [6.45, 7) is 9.03. The van der Waals surface area contributed by atoms with Crippen LogP contribution in [-0.4, -0.2) is 52.1 Å². The molecule has 23 heavy (non-hydrogen) atoms. The molecule has 0 bridgehead atoms. The zero-order valence-electron chi connectivity index (χ0n) is 13.9. The maximum Gasteiger partial charge on any atom is 0.263 e. The number of anilines is 1. The highest BCUT2D eigenvalue weighted by Crippen LogP contribution is 2.29. The first-order valence-electron chi connectivity index (χ1n) is 8.26. The van der Waals surface area contributed by atoms with Crippen LogP contribution in [0, 0.1) is 12.8 Å². The summed E-state index contributed by atoms with van der Waals surface area (Å²) < 4.78 is 5.22. The lowest BCUT2D eigenvalue weighted by Gasteiger charge is -2.35. The maximum atomic E-state index is 12.7. The second-order valence-electron chi connectivity index (χ2n) is 5.94. The number of hydrogen-bond acceptors (Lipinski definition) is 6. The van der Waals surface area contributed by atoms with E-state index in [1.807, 2.05) is 25.7 Å². The van der Waals surface area contributed by atoms with E-state index in [0.717, 1.165) is 49.4 Å². The van der Waals surface area contributed by atoms with Crippen LogP contribution in [0.5, 0.6) is 0 Å². The topological polar surface area (TPSA) is 75.4 Å². The zero-order chi connectivity index (χ0) is 16.4. The molecule has 3 heterocycles. The van der Waals surface area contributed by atoms with Crippen molar-refractivity contribution in [1.29, 1.82) is 0 Å². The second-order valence-corrected chi connectivity index (χ2v) is 5.94. The molecule has 2 aromatic rings. The molecule has 1 fully saturated rings. The molecule has 1 aliphatic rings. The normalized spacial score (nSPS) is 18.4. The second kappa shape index (κ2) is 6.52. The summed E-state index contributed by atoms with van der Waals surface area (Å²) in [6.07, 6.45) is 3.41. The van der Waals surface area contributed by atoms with Gasteiger partial charge in [0.2, 0.25) is 5.91 Å². The third kappa shape index (κ3) is 2.87. The average molecular weight is 317 g/mol. The van der Waals surface area contributed by atoms with E-state index in [1.54, 1.807) is 0 Å². The Hall–Kier alpha value is -2.18. The van der Waals surface area contributed by atoms with Gasteiger partial charge in [-0.1, -0.05) is 5.16 Å². The monoisotopic (exact) mass is 317 g/mol. The minimum absolute atomic E-state index is 0.0221. The first-order chi connectivity index (χ1) is 11.2. The number of carbonyl (C=O) groups is 1. The molecule has 0 N–H and O–H groups in total. The Labute approximate surface area is 135 Å². The SMILES string of the molecule is CCN(CC)C(=O)[C@H]1CCCN(c2ncnc3onc(C)c23)C1. The quantitative estimate of drug-likeness (QED) is 0.858. The van der Waals surface area contributed by atoms with Gasteiger partial charge in [0.25, 0.3) is 5.71 Å². The van der Waals surface area contributed by atoms with Crippen molar-refractivity contribution in [3.8, 4) is 0 Å². The number of piperidine rings is 1. The van der Waals surface area contributed by atoms with Crippen LogP contribution in [-0.2, 0) is 4.79 Å². The van der Waals surface area contributed by atoms with Gasteiger partial charge in [0, 0.05) is 26.2 Å². The molecule has 1 amide bonds. The predicted molar refractivity (Wildman–Crippen MR) is 87.2 cm³/mol. The van der Waals surface area contributed by atoms with Gasteiger partial charge < -0.3 is 14.3 Å². The fraction of sp³-hybridized carbons (Fsp3) is 0.625. The Morgan fingerprint density at radius 2 is 2.17 bits per heavy atom. The van der Waals surface area contributed by atoms with E-state index in [2.05, 4.69) is 20.0 Å². The van der Waals surface area contributed by atoms with Crippen molar-refractivity contribution in [2.75, 3.05) is 31.1 Å². The summed E-state index contributed by atoms with van der Waals surface area (Å²) >= 11 is 0. The predicted octanol–water partition coefficient (Wildman–Crippen LogP) is 2.01. The van der Waals surface area contributed by atoms with Crippen LogP contribution in [0.25, 0.3) is 11.1 Å². The van der Waals surface area contributed by atoms with Gasteiger partial charge in [0.1, 0.15) is 17.5 Å². The van der Waals surface area contributed by atoms with Crippen LogP contribution < -0.4 is 4.90 Å². The van der Waals surface area contributed by atoms with Crippen molar-refractivity contribution in [3.05, 3.63) is 12.0 Å².